The molecule has 4 N–H and O–H groups in total. The number of quaternary nitrogens is 1. The highest BCUT2D eigenvalue weighted by Gasteiger charge is 2.29. The van der Waals surface area contributed by atoms with Gasteiger partial charge in [-0.1, -0.05) is 12.1 Å². The van der Waals surface area contributed by atoms with Crippen molar-refractivity contribution in [2.45, 2.75) is 19.1 Å². The number of rotatable bonds is 6. The number of amides is 2. The summed E-state index contributed by atoms with van der Waals surface area (Å²) < 4.78 is 11.7. The number of hydrogen-bond acceptors (Lipinski definition) is 4. The van der Waals surface area contributed by atoms with Crippen LogP contribution in [0.3, 0.4) is 0 Å². The van der Waals surface area contributed by atoms with E-state index in [0.29, 0.717) is 24.4 Å². The summed E-state index contributed by atoms with van der Waals surface area (Å²) in [6.45, 7) is 2.95. The number of primary amides is 1. The van der Waals surface area contributed by atoms with E-state index in [-0.39, 0.29) is 18.1 Å². The van der Waals surface area contributed by atoms with Gasteiger partial charge in [0.15, 0.2) is 23.6 Å². The van der Waals surface area contributed by atoms with Gasteiger partial charge in [0.05, 0.1) is 7.05 Å². The molecule has 0 aliphatic carbocycles. The molecule has 142 valence electrons. The number of nitrogens with two attached hydrogens (primary N) is 1. The predicted octanol–water partition coefficient (Wildman–Crippen LogP) is 0.467. The Labute approximate surface area is 158 Å². The quantitative estimate of drug-likeness (QED) is 0.689. The highest BCUT2D eigenvalue weighted by atomic mass is 16.6. The molecule has 3 rings (SSSR count). The van der Waals surface area contributed by atoms with Crippen LogP contribution in [-0.4, -0.2) is 44.2 Å². The third-order valence-electron chi connectivity index (χ3n) is 4.69. The van der Waals surface area contributed by atoms with Gasteiger partial charge in [0, 0.05) is 11.3 Å². The Balaban J connectivity index is 1.54. The number of carbonyl (C=O) groups excluding carboxylic acids is 2. The van der Waals surface area contributed by atoms with Crippen LogP contribution in [-0.2, 0) is 4.79 Å². The second-order valence-corrected chi connectivity index (χ2v) is 6.70. The van der Waals surface area contributed by atoms with Gasteiger partial charge in [-0.2, -0.15) is 0 Å². The Bertz CT molecular complexity index is 822. The molecule has 0 radical (unpaired) electrons. The molecule has 1 unspecified atom stereocenters. The molecule has 2 amide bonds. The topological polar surface area (TPSA) is 95.1 Å². The van der Waals surface area contributed by atoms with Crippen LogP contribution >= 0.6 is 0 Å². The van der Waals surface area contributed by atoms with Gasteiger partial charge >= 0.3 is 0 Å². The molecule has 0 aromatic heterocycles. The summed E-state index contributed by atoms with van der Waals surface area (Å²) in [7, 11) is 1.95. The van der Waals surface area contributed by atoms with Crippen LogP contribution in [0.1, 0.15) is 17.3 Å². The summed E-state index contributed by atoms with van der Waals surface area (Å²) >= 11 is 0. The molecule has 1 aliphatic rings. The third kappa shape index (κ3) is 4.57. The summed E-state index contributed by atoms with van der Waals surface area (Å²) in [5, 5.41) is 2.86. The van der Waals surface area contributed by atoms with Crippen molar-refractivity contribution in [3.8, 4) is 11.5 Å². The fraction of sp³-hybridized carbons (Fsp3) is 0.300. The predicted molar refractivity (Wildman–Crippen MR) is 101 cm³/mol. The first-order valence-electron chi connectivity index (χ1n) is 8.85. The average molecular weight is 370 g/mol. The number of likely N-dealkylation sites (N-methyl/N-ethyl adjacent to an activating group) is 1. The van der Waals surface area contributed by atoms with Crippen molar-refractivity contribution in [2.24, 2.45) is 5.73 Å². The minimum Gasteiger partial charge on any atom is -0.486 e. The highest BCUT2D eigenvalue weighted by Crippen LogP contribution is 2.30. The van der Waals surface area contributed by atoms with E-state index in [0.717, 1.165) is 16.4 Å². The molecule has 1 heterocycles. The van der Waals surface area contributed by atoms with Crippen molar-refractivity contribution in [3.05, 3.63) is 54.1 Å². The van der Waals surface area contributed by atoms with Crippen LogP contribution in [0.2, 0.25) is 0 Å². The Morgan fingerprint density at radius 2 is 1.85 bits per heavy atom. The zero-order chi connectivity index (χ0) is 19.4. The average Bonchev–Trinajstić information content (AvgIpc) is 2.67. The fourth-order valence-corrected chi connectivity index (χ4v) is 2.89. The first-order valence-corrected chi connectivity index (χ1v) is 8.85. The molecular formula is C20H24N3O4+. The molecule has 0 saturated carbocycles. The molecule has 2 aromatic carbocycles. The molecule has 27 heavy (non-hydrogen) atoms. The molecule has 7 nitrogen and oxygen atoms in total. The molecule has 0 spiro atoms. The minimum absolute atomic E-state index is 0.114. The maximum absolute atomic E-state index is 12.5. The number of hydrogen-bond donors (Lipinski definition) is 3. The molecule has 0 fully saturated rings. The maximum atomic E-state index is 12.5. The zero-order valence-corrected chi connectivity index (χ0v) is 15.4. The summed E-state index contributed by atoms with van der Waals surface area (Å²) in [6, 6.07) is 13.8. The lowest BCUT2D eigenvalue weighted by Crippen LogP contribution is -3.15. The molecule has 1 aliphatic heterocycles. The van der Waals surface area contributed by atoms with Gasteiger partial charge < -0.3 is 25.4 Å². The lowest BCUT2D eigenvalue weighted by molar-refractivity contribution is -0.896. The summed E-state index contributed by atoms with van der Waals surface area (Å²) in [4.78, 5) is 24.6. The molecular weight excluding hydrogens is 346 g/mol. The smallest absolute Gasteiger partial charge is 0.282 e. The van der Waals surface area contributed by atoms with Crippen LogP contribution < -0.4 is 25.4 Å². The van der Waals surface area contributed by atoms with Crippen LogP contribution in [0.15, 0.2) is 48.5 Å². The monoisotopic (exact) mass is 370 g/mol. The number of ether oxygens (including phenoxy) is 2. The summed E-state index contributed by atoms with van der Waals surface area (Å²) in [5.41, 5.74) is 6.24. The standard InChI is InChI=1S/C20H23N3O4/c1-13(20(25)22-15-9-7-14(8-10-15)19(21)24)23(2)11-16-12-26-17-5-3-4-6-18(17)27-16/h3-10,13,16H,11-12H2,1-2H3,(H2,21,24)(H,22,25)/p+1/t13-,16-/m1/s1. The Kier molecular flexibility index (Phi) is 5.61. The normalized spacial score (nSPS) is 17.6. The zero-order valence-electron chi connectivity index (χ0n) is 15.4. The van der Waals surface area contributed by atoms with Gasteiger partial charge in [0.2, 0.25) is 5.91 Å². The second-order valence-electron chi connectivity index (χ2n) is 6.70. The van der Waals surface area contributed by atoms with E-state index in [1.165, 1.54) is 0 Å². The number of fused-ring (bicyclic) bond motifs is 1. The van der Waals surface area contributed by atoms with E-state index in [1.54, 1.807) is 24.3 Å². The number of carbonyl (C=O) groups is 2. The number of benzene rings is 2. The second kappa shape index (κ2) is 8.09. The lowest BCUT2D eigenvalue weighted by Gasteiger charge is -2.29. The summed E-state index contributed by atoms with van der Waals surface area (Å²) in [5.74, 6) is 0.864. The Morgan fingerprint density at radius 1 is 1.19 bits per heavy atom. The van der Waals surface area contributed by atoms with E-state index >= 15 is 0 Å². The van der Waals surface area contributed by atoms with Crippen molar-refractivity contribution in [3.63, 3.8) is 0 Å². The van der Waals surface area contributed by atoms with Crippen LogP contribution in [0, 0.1) is 0 Å². The van der Waals surface area contributed by atoms with Gasteiger partial charge in [-0.25, -0.2) is 0 Å². The van der Waals surface area contributed by atoms with Gasteiger partial charge in [0.1, 0.15) is 13.2 Å². The molecule has 0 saturated heterocycles. The minimum atomic E-state index is -0.498. The largest absolute Gasteiger partial charge is 0.486 e. The summed E-state index contributed by atoms with van der Waals surface area (Å²) in [6.07, 6.45) is -0.120. The van der Waals surface area contributed by atoms with Crippen LogP contribution in [0.4, 0.5) is 5.69 Å². The van der Waals surface area contributed by atoms with E-state index < -0.39 is 5.91 Å². The van der Waals surface area contributed by atoms with Gasteiger partial charge in [-0.3, -0.25) is 9.59 Å². The Morgan fingerprint density at radius 3 is 2.52 bits per heavy atom. The molecule has 3 atom stereocenters. The van der Waals surface area contributed by atoms with Crippen molar-refractivity contribution in [2.75, 3.05) is 25.5 Å². The first-order chi connectivity index (χ1) is 12.9. The van der Waals surface area contributed by atoms with Crippen molar-refractivity contribution >= 4 is 17.5 Å². The third-order valence-corrected chi connectivity index (χ3v) is 4.69. The van der Waals surface area contributed by atoms with Crippen molar-refractivity contribution in [1.82, 2.24) is 0 Å². The number of anilines is 1. The highest BCUT2D eigenvalue weighted by molar-refractivity contribution is 5.95. The molecule has 2 aromatic rings. The SMILES string of the molecule is C[C@H](C(=O)Nc1ccc(C(N)=O)cc1)[NH+](C)C[C@@H]1COc2ccccc2O1. The first kappa shape index (κ1) is 18.7. The van der Waals surface area contributed by atoms with Gasteiger partial charge in [-0.05, 0) is 43.3 Å². The van der Waals surface area contributed by atoms with Gasteiger partial charge in [0.25, 0.3) is 5.91 Å². The Hall–Kier alpha value is -3.06. The van der Waals surface area contributed by atoms with Crippen molar-refractivity contribution in [1.29, 1.82) is 0 Å². The van der Waals surface area contributed by atoms with E-state index in [9.17, 15) is 9.59 Å². The number of para-hydroxylation sites is 2. The molecule has 7 heteroatoms. The van der Waals surface area contributed by atoms with Crippen molar-refractivity contribution < 1.29 is 24.0 Å². The van der Waals surface area contributed by atoms with Gasteiger partial charge in [-0.15, -0.1) is 0 Å². The fourth-order valence-electron chi connectivity index (χ4n) is 2.89. The number of nitrogens with one attached hydrogen (secondary N) is 2. The lowest BCUT2D eigenvalue weighted by atomic mass is 10.2. The molecule has 0 bridgehead atoms. The maximum Gasteiger partial charge on any atom is 0.282 e. The van der Waals surface area contributed by atoms with E-state index in [2.05, 4.69) is 5.32 Å². The van der Waals surface area contributed by atoms with Crippen LogP contribution in [0.5, 0.6) is 11.5 Å². The van der Waals surface area contributed by atoms with E-state index in [4.69, 9.17) is 15.2 Å². The van der Waals surface area contributed by atoms with E-state index in [1.807, 2.05) is 38.2 Å². The van der Waals surface area contributed by atoms with Crippen LogP contribution in [0.25, 0.3) is 0 Å².